The van der Waals surface area contributed by atoms with Gasteiger partial charge in [-0.3, -0.25) is 4.57 Å². The zero-order valence-electron chi connectivity index (χ0n) is 17.0. The van der Waals surface area contributed by atoms with Crippen LogP contribution < -0.4 is 15.3 Å². The Hall–Kier alpha value is -3.29. The van der Waals surface area contributed by atoms with Gasteiger partial charge in [0.2, 0.25) is 0 Å². The zero-order valence-corrected chi connectivity index (χ0v) is 17.0. The van der Waals surface area contributed by atoms with Crippen LogP contribution in [-0.2, 0) is 25.6 Å². The molecule has 0 saturated carbocycles. The van der Waals surface area contributed by atoms with E-state index in [0.717, 1.165) is 42.2 Å². The second kappa shape index (κ2) is 8.45. The standard InChI is InChI=1S/C23H22F3N3O2/c1-28-12-3-13-29-21(28)15-18(27-22(29)30)9-6-16-7-10-19(11-8-16)31-20-5-2-4-17(14-20)23(24,25)26/h2,4-5,7-8,10-11,14-15H,3,6,9,12-13H2,1H3. The van der Waals surface area contributed by atoms with Gasteiger partial charge < -0.3 is 9.64 Å². The normalized spacial score (nSPS) is 13.7. The van der Waals surface area contributed by atoms with Crippen molar-refractivity contribution >= 4 is 5.82 Å². The molecular formula is C23H22F3N3O2. The van der Waals surface area contributed by atoms with Gasteiger partial charge >= 0.3 is 11.9 Å². The van der Waals surface area contributed by atoms with Gasteiger partial charge in [0.15, 0.2) is 0 Å². The summed E-state index contributed by atoms with van der Waals surface area (Å²) in [6, 6.07) is 13.9. The number of fused-ring (bicyclic) bond motifs is 1. The number of anilines is 1. The van der Waals surface area contributed by atoms with Crippen molar-refractivity contribution in [3.05, 3.63) is 81.9 Å². The topological polar surface area (TPSA) is 47.4 Å². The Kier molecular flexibility index (Phi) is 5.71. The first-order valence-corrected chi connectivity index (χ1v) is 10.1. The second-order valence-corrected chi connectivity index (χ2v) is 7.59. The van der Waals surface area contributed by atoms with Crippen LogP contribution in [0.5, 0.6) is 11.5 Å². The zero-order chi connectivity index (χ0) is 22.0. The van der Waals surface area contributed by atoms with E-state index in [1.165, 1.54) is 12.1 Å². The molecule has 4 rings (SSSR count). The van der Waals surface area contributed by atoms with E-state index >= 15 is 0 Å². The molecule has 31 heavy (non-hydrogen) atoms. The highest BCUT2D eigenvalue weighted by Gasteiger charge is 2.30. The maximum Gasteiger partial charge on any atom is 0.416 e. The molecule has 0 amide bonds. The van der Waals surface area contributed by atoms with Gasteiger partial charge in [-0.15, -0.1) is 0 Å². The van der Waals surface area contributed by atoms with Crippen LogP contribution in [0.25, 0.3) is 0 Å². The average molecular weight is 429 g/mol. The summed E-state index contributed by atoms with van der Waals surface area (Å²) in [6.45, 7) is 1.61. The Bertz CT molecular complexity index is 1120. The highest BCUT2D eigenvalue weighted by Crippen LogP contribution is 2.32. The number of hydrogen-bond donors (Lipinski definition) is 0. The number of aromatic nitrogens is 2. The molecule has 0 atom stereocenters. The Morgan fingerprint density at radius 3 is 2.52 bits per heavy atom. The molecule has 1 aliphatic rings. The number of benzene rings is 2. The molecule has 0 bridgehead atoms. The van der Waals surface area contributed by atoms with Crippen molar-refractivity contribution in [2.24, 2.45) is 0 Å². The van der Waals surface area contributed by atoms with E-state index in [0.29, 0.717) is 25.1 Å². The fourth-order valence-corrected chi connectivity index (χ4v) is 3.64. The van der Waals surface area contributed by atoms with Gasteiger partial charge in [0.05, 0.1) is 11.3 Å². The highest BCUT2D eigenvalue weighted by atomic mass is 19.4. The van der Waals surface area contributed by atoms with Gasteiger partial charge in [0, 0.05) is 26.2 Å². The van der Waals surface area contributed by atoms with E-state index < -0.39 is 11.7 Å². The fraction of sp³-hybridized carbons (Fsp3) is 0.304. The predicted octanol–water partition coefficient (Wildman–Crippen LogP) is 4.68. The monoisotopic (exact) mass is 429 g/mol. The molecule has 8 heteroatoms. The summed E-state index contributed by atoms with van der Waals surface area (Å²) >= 11 is 0. The van der Waals surface area contributed by atoms with Gasteiger partial charge in [-0.25, -0.2) is 4.79 Å². The highest BCUT2D eigenvalue weighted by molar-refractivity contribution is 5.41. The molecule has 1 aromatic heterocycles. The van der Waals surface area contributed by atoms with E-state index in [1.807, 2.05) is 25.2 Å². The Morgan fingerprint density at radius 2 is 1.77 bits per heavy atom. The number of nitrogens with zero attached hydrogens (tertiary/aromatic N) is 3. The number of halogens is 3. The summed E-state index contributed by atoms with van der Waals surface area (Å²) in [7, 11) is 1.97. The van der Waals surface area contributed by atoms with E-state index in [9.17, 15) is 18.0 Å². The summed E-state index contributed by atoms with van der Waals surface area (Å²) in [4.78, 5) is 18.6. The van der Waals surface area contributed by atoms with Crippen molar-refractivity contribution in [1.29, 1.82) is 0 Å². The average Bonchev–Trinajstić information content (AvgIpc) is 2.74. The number of rotatable bonds is 5. The van der Waals surface area contributed by atoms with Crippen LogP contribution in [0.15, 0.2) is 59.4 Å². The lowest BCUT2D eigenvalue weighted by atomic mass is 10.1. The summed E-state index contributed by atoms with van der Waals surface area (Å²) in [5.41, 5.74) is 0.795. The SMILES string of the molecule is CN1CCCn2c1cc(CCc1ccc(Oc3cccc(C(F)(F)F)c3)cc1)nc2=O. The molecule has 0 unspecified atom stereocenters. The summed E-state index contributed by atoms with van der Waals surface area (Å²) in [6.07, 6.45) is -2.18. The molecule has 0 saturated heterocycles. The Labute approximate surface area is 177 Å². The summed E-state index contributed by atoms with van der Waals surface area (Å²) < 4.78 is 45.8. The third-order valence-corrected chi connectivity index (χ3v) is 5.30. The molecule has 2 heterocycles. The van der Waals surface area contributed by atoms with Crippen LogP contribution in [0.1, 0.15) is 23.2 Å². The lowest BCUT2D eigenvalue weighted by molar-refractivity contribution is -0.137. The van der Waals surface area contributed by atoms with Crippen LogP contribution >= 0.6 is 0 Å². The minimum absolute atomic E-state index is 0.130. The number of aryl methyl sites for hydroxylation is 2. The van der Waals surface area contributed by atoms with E-state index in [4.69, 9.17) is 4.74 Å². The van der Waals surface area contributed by atoms with Crippen molar-refractivity contribution in [3.8, 4) is 11.5 Å². The maximum absolute atomic E-state index is 12.8. The first kappa shape index (κ1) is 21.0. The molecule has 0 aliphatic carbocycles. The summed E-state index contributed by atoms with van der Waals surface area (Å²) in [5.74, 6) is 1.48. The first-order chi connectivity index (χ1) is 14.8. The maximum atomic E-state index is 12.8. The predicted molar refractivity (Wildman–Crippen MR) is 112 cm³/mol. The van der Waals surface area contributed by atoms with Crippen LogP contribution in [0.2, 0.25) is 0 Å². The second-order valence-electron chi connectivity index (χ2n) is 7.59. The molecule has 0 spiro atoms. The lowest BCUT2D eigenvalue weighted by Gasteiger charge is -2.28. The Morgan fingerprint density at radius 1 is 1.00 bits per heavy atom. The lowest BCUT2D eigenvalue weighted by Crippen LogP contribution is -2.36. The number of ether oxygens (including phenoxy) is 1. The van der Waals surface area contributed by atoms with Crippen LogP contribution in [0.4, 0.5) is 19.0 Å². The first-order valence-electron chi connectivity index (χ1n) is 10.1. The minimum atomic E-state index is -4.41. The third-order valence-electron chi connectivity index (χ3n) is 5.30. The van der Waals surface area contributed by atoms with Gasteiger partial charge in [-0.2, -0.15) is 18.2 Å². The van der Waals surface area contributed by atoms with Crippen LogP contribution in [0, 0.1) is 0 Å². The van der Waals surface area contributed by atoms with Crippen molar-refractivity contribution in [3.63, 3.8) is 0 Å². The van der Waals surface area contributed by atoms with E-state index in [1.54, 1.807) is 16.7 Å². The van der Waals surface area contributed by atoms with Gasteiger partial charge in [-0.1, -0.05) is 18.2 Å². The number of alkyl halides is 3. The number of hydrogen-bond acceptors (Lipinski definition) is 4. The van der Waals surface area contributed by atoms with Gasteiger partial charge in [0.25, 0.3) is 0 Å². The molecule has 0 fully saturated rings. The fourth-order valence-electron chi connectivity index (χ4n) is 3.64. The van der Waals surface area contributed by atoms with Crippen LogP contribution in [0.3, 0.4) is 0 Å². The van der Waals surface area contributed by atoms with Crippen molar-refractivity contribution in [1.82, 2.24) is 9.55 Å². The molecule has 0 radical (unpaired) electrons. The van der Waals surface area contributed by atoms with Crippen molar-refractivity contribution in [2.75, 3.05) is 18.5 Å². The van der Waals surface area contributed by atoms with Crippen LogP contribution in [-0.4, -0.2) is 23.1 Å². The van der Waals surface area contributed by atoms with Gasteiger partial charge in [0.1, 0.15) is 17.3 Å². The molecule has 5 nitrogen and oxygen atoms in total. The molecule has 3 aromatic rings. The molecule has 0 N–H and O–H groups in total. The smallest absolute Gasteiger partial charge is 0.416 e. The summed E-state index contributed by atoms with van der Waals surface area (Å²) in [5, 5.41) is 0. The Balaban J connectivity index is 1.41. The van der Waals surface area contributed by atoms with E-state index in [2.05, 4.69) is 9.88 Å². The minimum Gasteiger partial charge on any atom is -0.457 e. The molecule has 1 aliphatic heterocycles. The van der Waals surface area contributed by atoms with Crippen molar-refractivity contribution < 1.29 is 17.9 Å². The third kappa shape index (κ3) is 4.90. The van der Waals surface area contributed by atoms with E-state index in [-0.39, 0.29) is 11.4 Å². The molecule has 162 valence electrons. The van der Waals surface area contributed by atoms with Gasteiger partial charge in [-0.05, 0) is 55.2 Å². The quantitative estimate of drug-likeness (QED) is 0.591. The van der Waals surface area contributed by atoms with Crippen molar-refractivity contribution in [2.45, 2.75) is 32.0 Å². The molecule has 2 aromatic carbocycles. The largest absolute Gasteiger partial charge is 0.457 e. The molecular weight excluding hydrogens is 407 g/mol.